The Morgan fingerprint density at radius 2 is 1.84 bits per heavy atom. The first-order valence-corrected chi connectivity index (χ1v) is 6.45. The molecule has 0 aromatic heterocycles. The van der Waals surface area contributed by atoms with Crippen LogP contribution in [-0.2, 0) is 13.0 Å². The lowest BCUT2D eigenvalue weighted by Crippen LogP contribution is -2.02. The molecule has 2 aromatic carbocycles. The highest BCUT2D eigenvalue weighted by atomic mass is 35.5. The Morgan fingerprint density at radius 3 is 2.53 bits per heavy atom. The van der Waals surface area contributed by atoms with E-state index in [2.05, 4.69) is 5.32 Å². The van der Waals surface area contributed by atoms with Gasteiger partial charge in [-0.25, -0.2) is 4.39 Å². The molecule has 0 bridgehead atoms. The van der Waals surface area contributed by atoms with Crippen LogP contribution in [0.15, 0.2) is 42.5 Å². The van der Waals surface area contributed by atoms with Crippen LogP contribution in [0.2, 0.25) is 5.02 Å². The van der Waals surface area contributed by atoms with Crippen LogP contribution < -0.4 is 5.32 Å². The van der Waals surface area contributed by atoms with Crippen LogP contribution in [0.5, 0.6) is 0 Å². The van der Waals surface area contributed by atoms with Crippen LogP contribution >= 0.6 is 11.6 Å². The molecule has 0 heterocycles. The van der Waals surface area contributed by atoms with Crippen LogP contribution in [0.1, 0.15) is 11.1 Å². The molecule has 0 unspecified atom stereocenters. The van der Waals surface area contributed by atoms with Gasteiger partial charge in [-0.1, -0.05) is 35.9 Å². The number of nitrogens with one attached hydrogen (secondary N) is 1. The monoisotopic (exact) mass is 279 g/mol. The largest absolute Gasteiger partial charge is 0.396 e. The minimum absolute atomic E-state index is 0.137. The molecule has 0 radical (unpaired) electrons. The van der Waals surface area contributed by atoms with Gasteiger partial charge in [-0.15, -0.1) is 0 Å². The van der Waals surface area contributed by atoms with Gasteiger partial charge in [0.1, 0.15) is 5.82 Å². The molecule has 0 aliphatic heterocycles. The molecule has 2 rings (SSSR count). The van der Waals surface area contributed by atoms with Crippen LogP contribution in [0.25, 0.3) is 0 Å². The second-order valence-corrected chi connectivity index (χ2v) is 4.64. The maximum atomic E-state index is 13.7. The molecule has 0 spiro atoms. The van der Waals surface area contributed by atoms with Gasteiger partial charge in [-0.05, 0) is 30.2 Å². The summed E-state index contributed by atoms with van der Waals surface area (Å²) in [6.07, 6.45) is 0.642. The normalized spacial score (nSPS) is 10.5. The molecule has 0 aliphatic rings. The van der Waals surface area contributed by atoms with Gasteiger partial charge < -0.3 is 10.4 Å². The highest BCUT2D eigenvalue weighted by Gasteiger charge is 2.05. The van der Waals surface area contributed by atoms with E-state index in [0.29, 0.717) is 18.5 Å². The minimum atomic E-state index is -0.381. The second-order valence-electron chi connectivity index (χ2n) is 4.24. The molecule has 0 atom stereocenters. The van der Waals surface area contributed by atoms with Gasteiger partial charge in [-0.2, -0.15) is 0 Å². The van der Waals surface area contributed by atoms with E-state index < -0.39 is 0 Å². The van der Waals surface area contributed by atoms with E-state index in [4.69, 9.17) is 16.7 Å². The summed E-state index contributed by atoms with van der Waals surface area (Å²) in [6.45, 7) is 0.520. The lowest BCUT2D eigenvalue weighted by molar-refractivity contribution is 0.299. The third-order valence-corrected chi connectivity index (χ3v) is 3.16. The van der Waals surface area contributed by atoms with Crippen molar-refractivity contribution in [3.05, 3.63) is 64.4 Å². The van der Waals surface area contributed by atoms with E-state index in [1.54, 1.807) is 12.1 Å². The van der Waals surface area contributed by atoms with Crippen molar-refractivity contribution >= 4 is 17.3 Å². The topological polar surface area (TPSA) is 32.3 Å². The standard InChI is InChI=1S/C15H15ClFNO/c16-14-3-1-2-12(15(14)17)10-18-13-6-4-11(5-7-13)8-9-19/h1-7,18-19H,8-10H2. The summed E-state index contributed by atoms with van der Waals surface area (Å²) in [5.41, 5.74) is 2.51. The van der Waals surface area contributed by atoms with Gasteiger partial charge in [0.05, 0.1) is 5.02 Å². The predicted octanol–water partition coefficient (Wildman–Crippen LogP) is 3.63. The number of benzene rings is 2. The Balaban J connectivity index is 2.00. The highest BCUT2D eigenvalue weighted by molar-refractivity contribution is 6.30. The van der Waals surface area contributed by atoms with Gasteiger partial charge in [0, 0.05) is 24.4 Å². The van der Waals surface area contributed by atoms with Crippen molar-refractivity contribution in [1.82, 2.24) is 0 Å². The Bertz CT molecular complexity index is 542. The third-order valence-electron chi connectivity index (χ3n) is 2.87. The molecule has 0 fully saturated rings. The van der Waals surface area contributed by atoms with Gasteiger partial charge in [0.25, 0.3) is 0 Å². The number of aliphatic hydroxyl groups excluding tert-OH is 1. The molecule has 0 amide bonds. The van der Waals surface area contributed by atoms with Gasteiger partial charge in [0.15, 0.2) is 0 Å². The maximum absolute atomic E-state index is 13.7. The van der Waals surface area contributed by atoms with Crippen molar-refractivity contribution in [1.29, 1.82) is 0 Å². The van der Waals surface area contributed by atoms with Crippen molar-refractivity contribution in [2.45, 2.75) is 13.0 Å². The third kappa shape index (κ3) is 3.69. The number of halogens is 2. The molecule has 2 aromatic rings. The maximum Gasteiger partial charge on any atom is 0.146 e. The molecule has 2 N–H and O–H groups in total. The van der Waals surface area contributed by atoms with Crippen LogP contribution in [0, 0.1) is 5.82 Å². The fraction of sp³-hybridized carbons (Fsp3) is 0.200. The van der Waals surface area contributed by atoms with Crippen molar-refractivity contribution in [2.75, 3.05) is 11.9 Å². The molecule has 0 saturated heterocycles. The van der Waals surface area contributed by atoms with E-state index >= 15 is 0 Å². The lowest BCUT2D eigenvalue weighted by Gasteiger charge is -2.09. The van der Waals surface area contributed by atoms with Crippen molar-refractivity contribution in [2.24, 2.45) is 0 Å². The summed E-state index contributed by atoms with van der Waals surface area (Å²) >= 11 is 5.72. The summed E-state index contributed by atoms with van der Waals surface area (Å²) in [7, 11) is 0. The van der Waals surface area contributed by atoms with Gasteiger partial charge in [0.2, 0.25) is 0 Å². The second kappa shape index (κ2) is 6.55. The average Bonchev–Trinajstić information content (AvgIpc) is 2.42. The summed E-state index contributed by atoms with van der Waals surface area (Å²) in [5, 5.41) is 12.1. The van der Waals surface area contributed by atoms with Crippen LogP contribution in [0.3, 0.4) is 0 Å². The van der Waals surface area contributed by atoms with E-state index in [9.17, 15) is 4.39 Å². The van der Waals surface area contributed by atoms with E-state index in [0.717, 1.165) is 11.3 Å². The molecule has 0 aliphatic carbocycles. The lowest BCUT2D eigenvalue weighted by atomic mass is 10.1. The Labute approximate surface area is 116 Å². The molecule has 19 heavy (non-hydrogen) atoms. The summed E-state index contributed by atoms with van der Waals surface area (Å²) in [6, 6.07) is 12.7. The first-order chi connectivity index (χ1) is 9.20. The summed E-state index contributed by atoms with van der Waals surface area (Å²) < 4.78 is 13.7. The number of hydrogen-bond donors (Lipinski definition) is 2. The molecular formula is C15H15ClFNO. The fourth-order valence-corrected chi connectivity index (χ4v) is 1.99. The smallest absolute Gasteiger partial charge is 0.146 e. The molecule has 2 nitrogen and oxygen atoms in total. The Morgan fingerprint density at radius 1 is 1.11 bits per heavy atom. The number of rotatable bonds is 5. The van der Waals surface area contributed by atoms with Crippen LogP contribution in [0.4, 0.5) is 10.1 Å². The van der Waals surface area contributed by atoms with Gasteiger partial charge in [-0.3, -0.25) is 0 Å². The number of aliphatic hydroxyl groups is 1. The highest BCUT2D eigenvalue weighted by Crippen LogP contribution is 2.19. The van der Waals surface area contributed by atoms with Gasteiger partial charge >= 0.3 is 0 Å². The fourth-order valence-electron chi connectivity index (χ4n) is 1.80. The van der Waals surface area contributed by atoms with E-state index in [1.807, 2.05) is 24.3 Å². The zero-order valence-electron chi connectivity index (χ0n) is 10.4. The Kier molecular flexibility index (Phi) is 4.77. The number of anilines is 1. The first kappa shape index (κ1) is 13.8. The molecule has 100 valence electrons. The molecule has 4 heteroatoms. The molecule has 0 saturated carbocycles. The predicted molar refractivity (Wildman–Crippen MR) is 76.0 cm³/mol. The van der Waals surface area contributed by atoms with Crippen molar-refractivity contribution < 1.29 is 9.50 Å². The van der Waals surface area contributed by atoms with E-state index in [1.165, 1.54) is 6.07 Å². The summed E-state index contributed by atoms with van der Waals surface area (Å²) in [5.74, 6) is -0.381. The average molecular weight is 280 g/mol. The minimum Gasteiger partial charge on any atom is -0.396 e. The Hall–Kier alpha value is -1.58. The zero-order chi connectivity index (χ0) is 13.7. The van der Waals surface area contributed by atoms with Crippen molar-refractivity contribution in [3.8, 4) is 0 Å². The zero-order valence-corrected chi connectivity index (χ0v) is 11.1. The first-order valence-electron chi connectivity index (χ1n) is 6.07. The quantitative estimate of drug-likeness (QED) is 0.876. The summed E-state index contributed by atoms with van der Waals surface area (Å²) in [4.78, 5) is 0. The molecular weight excluding hydrogens is 265 g/mol. The van der Waals surface area contributed by atoms with E-state index in [-0.39, 0.29) is 17.4 Å². The van der Waals surface area contributed by atoms with Crippen LogP contribution in [-0.4, -0.2) is 11.7 Å². The van der Waals surface area contributed by atoms with Crippen molar-refractivity contribution in [3.63, 3.8) is 0 Å². The number of hydrogen-bond acceptors (Lipinski definition) is 2. The SMILES string of the molecule is OCCc1ccc(NCc2cccc(Cl)c2F)cc1.